The molecule has 3 unspecified atom stereocenters. The molecular formula is C13H23ClN4. The van der Waals surface area contributed by atoms with Crippen molar-refractivity contribution < 1.29 is 0 Å². The molecule has 0 spiro atoms. The molecule has 0 aliphatic heterocycles. The second-order valence-electron chi connectivity index (χ2n) is 5.61. The quantitative estimate of drug-likeness (QED) is 0.910. The van der Waals surface area contributed by atoms with Gasteiger partial charge in [-0.1, -0.05) is 18.5 Å². The molecule has 1 aliphatic rings. The van der Waals surface area contributed by atoms with E-state index in [1.807, 2.05) is 0 Å². The van der Waals surface area contributed by atoms with E-state index < -0.39 is 0 Å². The first-order chi connectivity index (χ1) is 8.50. The maximum atomic E-state index is 6.32. The van der Waals surface area contributed by atoms with Gasteiger partial charge in [-0.15, -0.1) is 0 Å². The zero-order valence-electron chi connectivity index (χ0n) is 11.4. The third-order valence-electron chi connectivity index (χ3n) is 4.06. The third-order valence-corrected chi connectivity index (χ3v) is 4.36. The number of rotatable bonds is 4. The summed E-state index contributed by atoms with van der Waals surface area (Å²) in [6, 6.07) is 0.295. The van der Waals surface area contributed by atoms with Crippen molar-refractivity contribution in [3.8, 4) is 0 Å². The van der Waals surface area contributed by atoms with E-state index in [1.165, 1.54) is 5.69 Å². The lowest BCUT2D eigenvalue weighted by molar-refractivity contribution is 0.360. The molecule has 1 saturated carbocycles. The van der Waals surface area contributed by atoms with Gasteiger partial charge in [0, 0.05) is 18.5 Å². The van der Waals surface area contributed by atoms with Crippen molar-refractivity contribution in [1.29, 1.82) is 0 Å². The summed E-state index contributed by atoms with van der Waals surface area (Å²) in [5.41, 5.74) is 7.30. The monoisotopic (exact) mass is 270 g/mol. The molecule has 18 heavy (non-hydrogen) atoms. The van der Waals surface area contributed by atoms with E-state index in [0.29, 0.717) is 17.9 Å². The number of nitrogens with zero attached hydrogens (tertiary/aromatic N) is 3. The van der Waals surface area contributed by atoms with Crippen LogP contribution in [0.1, 0.15) is 31.4 Å². The first-order valence-corrected chi connectivity index (χ1v) is 7.00. The Hall–Kier alpha value is -0.580. The lowest BCUT2D eigenvalue weighted by Gasteiger charge is -2.21. The van der Waals surface area contributed by atoms with Gasteiger partial charge in [-0.3, -0.25) is 4.68 Å². The molecule has 102 valence electrons. The van der Waals surface area contributed by atoms with Crippen molar-refractivity contribution >= 4 is 11.6 Å². The van der Waals surface area contributed by atoms with Crippen molar-refractivity contribution in [3.63, 3.8) is 0 Å². The van der Waals surface area contributed by atoms with Crippen LogP contribution in [0.25, 0.3) is 0 Å². The average molecular weight is 271 g/mol. The summed E-state index contributed by atoms with van der Waals surface area (Å²) in [7, 11) is 4.14. The maximum absolute atomic E-state index is 6.32. The summed E-state index contributed by atoms with van der Waals surface area (Å²) in [5.74, 6) is 0.939. The molecule has 3 atom stereocenters. The lowest BCUT2D eigenvalue weighted by Crippen LogP contribution is -2.26. The van der Waals surface area contributed by atoms with Crippen LogP contribution in [0.5, 0.6) is 0 Å². The second kappa shape index (κ2) is 5.59. The number of hydrogen-bond acceptors (Lipinski definition) is 3. The Balaban J connectivity index is 2.18. The predicted molar refractivity (Wildman–Crippen MR) is 74.9 cm³/mol. The number of halogens is 1. The van der Waals surface area contributed by atoms with Gasteiger partial charge < -0.3 is 10.6 Å². The summed E-state index contributed by atoms with van der Waals surface area (Å²) in [4.78, 5) is 2.16. The van der Waals surface area contributed by atoms with Gasteiger partial charge in [-0.05, 0) is 32.9 Å². The van der Waals surface area contributed by atoms with Crippen molar-refractivity contribution in [1.82, 2.24) is 14.7 Å². The van der Waals surface area contributed by atoms with Crippen molar-refractivity contribution in [2.24, 2.45) is 11.7 Å². The van der Waals surface area contributed by atoms with E-state index in [9.17, 15) is 0 Å². The fraction of sp³-hybridized carbons (Fsp3) is 0.769. The van der Waals surface area contributed by atoms with Crippen LogP contribution in [0, 0.1) is 5.92 Å². The van der Waals surface area contributed by atoms with E-state index >= 15 is 0 Å². The Bertz CT molecular complexity index is 402. The van der Waals surface area contributed by atoms with Crippen LogP contribution in [0.4, 0.5) is 0 Å². The molecule has 1 heterocycles. The Morgan fingerprint density at radius 3 is 2.78 bits per heavy atom. The number of hydrogen-bond donors (Lipinski definition) is 1. The highest BCUT2D eigenvalue weighted by molar-refractivity contribution is 6.31. The largest absolute Gasteiger partial charge is 0.327 e. The standard InChI is InChI=1S/C13H23ClN4/c1-9-10(4-5-12(9)15)13-11(14)8-16-18(13)7-6-17(2)3/h8-10,12H,4-7,15H2,1-3H3. The number of nitrogens with two attached hydrogens (primary N) is 1. The molecule has 1 fully saturated rings. The van der Waals surface area contributed by atoms with Gasteiger partial charge in [0.2, 0.25) is 0 Å². The highest BCUT2D eigenvalue weighted by atomic mass is 35.5. The summed E-state index contributed by atoms with van der Waals surface area (Å²) >= 11 is 6.32. The molecule has 1 aliphatic carbocycles. The molecule has 2 N–H and O–H groups in total. The first-order valence-electron chi connectivity index (χ1n) is 6.62. The van der Waals surface area contributed by atoms with Gasteiger partial charge in [0.15, 0.2) is 0 Å². The van der Waals surface area contributed by atoms with Crippen LogP contribution < -0.4 is 5.73 Å². The molecule has 5 heteroatoms. The van der Waals surface area contributed by atoms with Crippen LogP contribution in [0.15, 0.2) is 6.20 Å². The fourth-order valence-corrected chi connectivity index (χ4v) is 3.08. The van der Waals surface area contributed by atoms with Crippen LogP contribution in [-0.2, 0) is 6.54 Å². The van der Waals surface area contributed by atoms with Gasteiger partial charge in [0.25, 0.3) is 0 Å². The van der Waals surface area contributed by atoms with Gasteiger partial charge in [0.1, 0.15) is 0 Å². The molecule has 0 saturated heterocycles. The number of aromatic nitrogens is 2. The molecule has 2 rings (SSSR count). The normalized spacial score (nSPS) is 28.2. The van der Waals surface area contributed by atoms with E-state index in [0.717, 1.165) is 31.0 Å². The fourth-order valence-electron chi connectivity index (χ4n) is 2.80. The summed E-state index contributed by atoms with van der Waals surface area (Å²) in [5, 5.41) is 5.20. The summed E-state index contributed by atoms with van der Waals surface area (Å²) in [6.45, 7) is 4.08. The maximum Gasteiger partial charge on any atom is 0.0820 e. The van der Waals surface area contributed by atoms with E-state index in [2.05, 4.69) is 35.7 Å². The van der Waals surface area contributed by atoms with Crippen molar-refractivity contribution in [3.05, 3.63) is 16.9 Å². The van der Waals surface area contributed by atoms with Gasteiger partial charge in [-0.2, -0.15) is 5.10 Å². The minimum absolute atomic E-state index is 0.295. The number of likely N-dealkylation sites (N-methyl/N-ethyl adjacent to an activating group) is 1. The topological polar surface area (TPSA) is 47.1 Å². The van der Waals surface area contributed by atoms with Crippen LogP contribution in [0.3, 0.4) is 0 Å². The van der Waals surface area contributed by atoms with Crippen LogP contribution >= 0.6 is 11.6 Å². The minimum atomic E-state index is 0.295. The third kappa shape index (κ3) is 2.71. The molecule has 0 amide bonds. The van der Waals surface area contributed by atoms with Gasteiger partial charge >= 0.3 is 0 Å². The summed E-state index contributed by atoms with van der Waals surface area (Å²) < 4.78 is 2.06. The zero-order valence-corrected chi connectivity index (χ0v) is 12.2. The Morgan fingerprint density at radius 1 is 1.50 bits per heavy atom. The first kappa shape index (κ1) is 13.8. The van der Waals surface area contributed by atoms with E-state index in [-0.39, 0.29) is 0 Å². The van der Waals surface area contributed by atoms with Crippen molar-refractivity contribution in [2.75, 3.05) is 20.6 Å². The SMILES string of the molecule is CC1C(N)CCC1c1c(Cl)cnn1CCN(C)C. The Kier molecular flexibility index (Phi) is 4.30. The highest BCUT2D eigenvalue weighted by Crippen LogP contribution is 2.41. The average Bonchev–Trinajstić information content (AvgIpc) is 2.82. The minimum Gasteiger partial charge on any atom is -0.327 e. The molecule has 0 radical (unpaired) electrons. The van der Waals surface area contributed by atoms with Crippen molar-refractivity contribution in [2.45, 2.75) is 38.3 Å². The molecule has 1 aromatic rings. The van der Waals surface area contributed by atoms with Crippen LogP contribution in [-0.4, -0.2) is 41.4 Å². The molecule has 4 nitrogen and oxygen atoms in total. The molecule has 0 bridgehead atoms. The summed E-state index contributed by atoms with van der Waals surface area (Å²) in [6.07, 6.45) is 3.97. The predicted octanol–water partition coefficient (Wildman–Crippen LogP) is 1.94. The zero-order chi connectivity index (χ0) is 13.3. The van der Waals surface area contributed by atoms with E-state index in [4.69, 9.17) is 17.3 Å². The van der Waals surface area contributed by atoms with Gasteiger partial charge in [0.05, 0.1) is 23.5 Å². The second-order valence-corrected chi connectivity index (χ2v) is 6.02. The molecule has 1 aromatic heterocycles. The molecular weight excluding hydrogens is 248 g/mol. The van der Waals surface area contributed by atoms with Crippen LogP contribution in [0.2, 0.25) is 5.02 Å². The molecule has 0 aromatic carbocycles. The smallest absolute Gasteiger partial charge is 0.0820 e. The van der Waals surface area contributed by atoms with E-state index in [1.54, 1.807) is 6.20 Å². The highest BCUT2D eigenvalue weighted by Gasteiger charge is 2.34. The lowest BCUT2D eigenvalue weighted by atomic mass is 9.93. The Morgan fingerprint density at radius 2 is 2.22 bits per heavy atom. The Labute approximate surface area is 114 Å². The van der Waals surface area contributed by atoms with Gasteiger partial charge in [-0.25, -0.2) is 0 Å².